The molecule has 0 aromatic heterocycles. The van der Waals surface area contributed by atoms with Crippen LogP contribution < -0.4 is 0 Å². The minimum atomic E-state index is -0.114. The Labute approximate surface area is 93.8 Å². The van der Waals surface area contributed by atoms with E-state index >= 15 is 0 Å². The minimum Gasteiger partial charge on any atom is -0.394 e. The summed E-state index contributed by atoms with van der Waals surface area (Å²) in [6.07, 6.45) is 0. The smallest absolute Gasteiger partial charge is 0.0707 e. The van der Waals surface area contributed by atoms with E-state index in [2.05, 4.69) is 34.6 Å². The standard InChI is InChI=1S/C12H26O3/c1-10(2)11(3)12(4,5)15-9-8-14-7-6-13/h10-11,13H,6-9H2,1-5H3. The zero-order chi connectivity index (χ0) is 11.9. The molecule has 1 N–H and O–H groups in total. The molecule has 1 atom stereocenters. The molecule has 1 unspecified atom stereocenters. The van der Waals surface area contributed by atoms with Crippen LogP contribution >= 0.6 is 0 Å². The van der Waals surface area contributed by atoms with Gasteiger partial charge in [0.15, 0.2) is 0 Å². The van der Waals surface area contributed by atoms with E-state index in [1.807, 2.05) is 0 Å². The Morgan fingerprint density at radius 2 is 1.67 bits per heavy atom. The number of rotatable bonds is 8. The zero-order valence-electron chi connectivity index (χ0n) is 10.7. The number of aliphatic hydroxyl groups is 1. The maximum Gasteiger partial charge on any atom is 0.0707 e. The predicted molar refractivity (Wildman–Crippen MR) is 61.9 cm³/mol. The Hall–Kier alpha value is -0.120. The lowest BCUT2D eigenvalue weighted by Crippen LogP contribution is -2.36. The molecule has 0 aromatic carbocycles. The van der Waals surface area contributed by atoms with E-state index in [9.17, 15) is 0 Å². The van der Waals surface area contributed by atoms with Crippen LogP contribution in [-0.2, 0) is 9.47 Å². The molecule has 0 spiro atoms. The van der Waals surface area contributed by atoms with Crippen molar-refractivity contribution in [3.05, 3.63) is 0 Å². The highest BCUT2D eigenvalue weighted by atomic mass is 16.5. The van der Waals surface area contributed by atoms with Gasteiger partial charge < -0.3 is 14.6 Å². The van der Waals surface area contributed by atoms with Gasteiger partial charge in [-0.1, -0.05) is 20.8 Å². The molecular formula is C12H26O3. The van der Waals surface area contributed by atoms with Gasteiger partial charge in [0, 0.05) is 0 Å². The van der Waals surface area contributed by atoms with Crippen molar-refractivity contribution in [1.29, 1.82) is 0 Å². The molecule has 3 nitrogen and oxygen atoms in total. The van der Waals surface area contributed by atoms with E-state index in [0.717, 1.165) is 0 Å². The van der Waals surface area contributed by atoms with Gasteiger partial charge in [-0.05, 0) is 25.7 Å². The molecule has 0 aliphatic heterocycles. The molecule has 0 saturated carbocycles. The Bertz CT molecular complexity index is 155. The first kappa shape index (κ1) is 14.9. The van der Waals surface area contributed by atoms with Gasteiger partial charge >= 0.3 is 0 Å². The SMILES string of the molecule is CC(C)C(C)C(C)(C)OCCOCCO. The summed E-state index contributed by atoms with van der Waals surface area (Å²) in [5, 5.41) is 8.52. The summed E-state index contributed by atoms with van der Waals surface area (Å²) in [5.41, 5.74) is -0.114. The summed E-state index contributed by atoms with van der Waals surface area (Å²) in [6, 6.07) is 0. The molecule has 3 heteroatoms. The van der Waals surface area contributed by atoms with Gasteiger partial charge in [-0.2, -0.15) is 0 Å². The van der Waals surface area contributed by atoms with Crippen LogP contribution in [0.1, 0.15) is 34.6 Å². The van der Waals surface area contributed by atoms with Gasteiger partial charge in [-0.3, -0.25) is 0 Å². The molecule has 92 valence electrons. The molecule has 0 radical (unpaired) electrons. The first-order valence-corrected chi connectivity index (χ1v) is 5.74. The highest BCUT2D eigenvalue weighted by Gasteiger charge is 2.28. The highest BCUT2D eigenvalue weighted by molar-refractivity contribution is 4.78. The molecule has 0 aromatic rings. The maximum absolute atomic E-state index is 8.52. The van der Waals surface area contributed by atoms with E-state index in [-0.39, 0.29) is 12.2 Å². The molecule has 0 bridgehead atoms. The molecule has 0 rings (SSSR count). The van der Waals surface area contributed by atoms with Crippen LogP contribution in [-0.4, -0.2) is 37.1 Å². The Morgan fingerprint density at radius 1 is 1.07 bits per heavy atom. The molecule has 0 aliphatic carbocycles. The van der Waals surface area contributed by atoms with Gasteiger partial charge in [-0.25, -0.2) is 0 Å². The fourth-order valence-corrected chi connectivity index (χ4v) is 1.46. The van der Waals surface area contributed by atoms with Crippen molar-refractivity contribution in [2.45, 2.75) is 40.2 Å². The van der Waals surface area contributed by atoms with Crippen LogP contribution in [0, 0.1) is 11.8 Å². The summed E-state index contributed by atoms with van der Waals surface area (Å²) >= 11 is 0. The largest absolute Gasteiger partial charge is 0.394 e. The second-order valence-corrected chi connectivity index (χ2v) is 4.82. The van der Waals surface area contributed by atoms with Gasteiger partial charge in [-0.15, -0.1) is 0 Å². The topological polar surface area (TPSA) is 38.7 Å². The normalized spacial score (nSPS) is 14.6. The fourth-order valence-electron chi connectivity index (χ4n) is 1.46. The van der Waals surface area contributed by atoms with Crippen LogP contribution in [0.25, 0.3) is 0 Å². The van der Waals surface area contributed by atoms with Crippen LogP contribution in [0.2, 0.25) is 0 Å². The van der Waals surface area contributed by atoms with E-state index in [4.69, 9.17) is 14.6 Å². The van der Waals surface area contributed by atoms with Crippen molar-refractivity contribution >= 4 is 0 Å². The van der Waals surface area contributed by atoms with Crippen molar-refractivity contribution in [2.75, 3.05) is 26.4 Å². The number of ether oxygens (including phenoxy) is 2. The summed E-state index contributed by atoms with van der Waals surface area (Å²) in [4.78, 5) is 0. The fraction of sp³-hybridized carbons (Fsp3) is 1.00. The first-order valence-electron chi connectivity index (χ1n) is 5.74. The van der Waals surface area contributed by atoms with Crippen LogP contribution in [0.15, 0.2) is 0 Å². The van der Waals surface area contributed by atoms with Gasteiger partial charge in [0.25, 0.3) is 0 Å². The molecule has 15 heavy (non-hydrogen) atoms. The third-order valence-electron chi connectivity index (χ3n) is 3.03. The van der Waals surface area contributed by atoms with Crippen LogP contribution in [0.3, 0.4) is 0 Å². The number of hydrogen-bond acceptors (Lipinski definition) is 3. The highest BCUT2D eigenvalue weighted by Crippen LogP contribution is 2.27. The monoisotopic (exact) mass is 218 g/mol. The Balaban J connectivity index is 3.73. The lowest BCUT2D eigenvalue weighted by atomic mass is 9.83. The van der Waals surface area contributed by atoms with Gasteiger partial charge in [0.2, 0.25) is 0 Å². The molecule has 0 amide bonds. The van der Waals surface area contributed by atoms with Crippen molar-refractivity contribution in [2.24, 2.45) is 11.8 Å². The molecule has 0 fully saturated rings. The second kappa shape index (κ2) is 7.20. The van der Waals surface area contributed by atoms with Crippen LogP contribution in [0.4, 0.5) is 0 Å². The Kier molecular flexibility index (Phi) is 7.14. The van der Waals surface area contributed by atoms with Crippen molar-refractivity contribution < 1.29 is 14.6 Å². The maximum atomic E-state index is 8.52. The second-order valence-electron chi connectivity index (χ2n) is 4.82. The van der Waals surface area contributed by atoms with Crippen molar-refractivity contribution in [3.8, 4) is 0 Å². The third-order valence-corrected chi connectivity index (χ3v) is 3.03. The summed E-state index contributed by atoms with van der Waals surface area (Å²) in [7, 11) is 0. The number of hydrogen-bond donors (Lipinski definition) is 1. The summed E-state index contributed by atoms with van der Waals surface area (Å²) in [5.74, 6) is 1.12. The minimum absolute atomic E-state index is 0.0752. The van der Waals surface area contributed by atoms with Crippen LogP contribution in [0.5, 0.6) is 0 Å². The van der Waals surface area contributed by atoms with E-state index in [1.54, 1.807) is 0 Å². The van der Waals surface area contributed by atoms with E-state index in [0.29, 0.717) is 31.7 Å². The van der Waals surface area contributed by atoms with Gasteiger partial charge in [0.1, 0.15) is 0 Å². The lowest BCUT2D eigenvalue weighted by molar-refractivity contribution is -0.0868. The quantitative estimate of drug-likeness (QED) is 0.634. The zero-order valence-corrected chi connectivity index (χ0v) is 10.7. The van der Waals surface area contributed by atoms with Crippen molar-refractivity contribution in [3.63, 3.8) is 0 Å². The van der Waals surface area contributed by atoms with Gasteiger partial charge in [0.05, 0.1) is 32.0 Å². The number of aliphatic hydroxyl groups excluding tert-OH is 1. The first-order chi connectivity index (χ1) is 6.91. The molecular weight excluding hydrogens is 192 g/mol. The summed E-state index contributed by atoms with van der Waals surface area (Å²) < 4.78 is 10.9. The van der Waals surface area contributed by atoms with E-state index in [1.165, 1.54) is 0 Å². The predicted octanol–water partition coefficient (Wildman–Crippen LogP) is 2.08. The molecule has 0 saturated heterocycles. The lowest BCUT2D eigenvalue weighted by Gasteiger charge is -2.34. The summed E-state index contributed by atoms with van der Waals surface area (Å²) in [6.45, 7) is 12.5. The third kappa shape index (κ3) is 6.13. The van der Waals surface area contributed by atoms with E-state index < -0.39 is 0 Å². The Morgan fingerprint density at radius 3 is 2.13 bits per heavy atom. The molecule has 0 heterocycles. The average molecular weight is 218 g/mol. The van der Waals surface area contributed by atoms with Crippen molar-refractivity contribution in [1.82, 2.24) is 0 Å². The molecule has 0 aliphatic rings. The average Bonchev–Trinajstić information content (AvgIpc) is 2.16.